The summed E-state index contributed by atoms with van der Waals surface area (Å²) in [5.41, 5.74) is 0. The molecule has 4 atom stereocenters. The van der Waals surface area contributed by atoms with Crippen LogP contribution in [-0.2, 0) is 9.53 Å². The van der Waals surface area contributed by atoms with Crippen LogP contribution in [0.15, 0.2) is 0 Å². The van der Waals surface area contributed by atoms with Gasteiger partial charge in [-0.15, -0.1) is 0 Å². The Hall–Kier alpha value is -0.570. The van der Waals surface area contributed by atoms with Crippen molar-refractivity contribution in [3.05, 3.63) is 0 Å². The van der Waals surface area contributed by atoms with Gasteiger partial charge in [-0.05, 0) is 43.9 Å². The molecule has 1 saturated carbocycles. The lowest BCUT2D eigenvalue weighted by Crippen LogP contribution is -2.40. The lowest BCUT2D eigenvalue weighted by molar-refractivity contribution is -0.140. The quantitative estimate of drug-likeness (QED) is 0.781. The van der Waals surface area contributed by atoms with E-state index in [9.17, 15) is 4.79 Å². The summed E-state index contributed by atoms with van der Waals surface area (Å²) in [5.74, 6) is 2.34. The number of likely N-dealkylation sites (tertiary alicyclic amines) is 1. The van der Waals surface area contributed by atoms with Crippen LogP contribution in [0.25, 0.3) is 0 Å². The Kier molecular flexibility index (Phi) is 4.88. The molecule has 110 valence electrons. The van der Waals surface area contributed by atoms with Crippen LogP contribution in [0.3, 0.4) is 0 Å². The molecule has 2 fully saturated rings. The van der Waals surface area contributed by atoms with Crippen molar-refractivity contribution in [2.45, 2.75) is 71.9 Å². The maximum atomic E-state index is 11.8. The molecule has 1 amide bonds. The molecule has 0 unspecified atom stereocenters. The van der Waals surface area contributed by atoms with Gasteiger partial charge in [0, 0.05) is 12.5 Å². The Labute approximate surface area is 117 Å². The topological polar surface area (TPSA) is 29.5 Å². The van der Waals surface area contributed by atoms with E-state index >= 15 is 0 Å². The summed E-state index contributed by atoms with van der Waals surface area (Å²) < 4.78 is 6.16. The first-order chi connectivity index (χ1) is 8.99. The van der Waals surface area contributed by atoms with E-state index in [1.165, 1.54) is 12.8 Å². The SMILES string of the molecule is CC(C)[C@@H]1CC[C@@H](C)C[C@H]1OCN1C(=O)CC[C@H]1C. The van der Waals surface area contributed by atoms with Crippen molar-refractivity contribution in [3.63, 3.8) is 0 Å². The molecule has 3 nitrogen and oxygen atoms in total. The van der Waals surface area contributed by atoms with Crippen LogP contribution >= 0.6 is 0 Å². The summed E-state index contributed by atoms with van der Waals surface area (Å²) in [6.45, 7) is 9.52. The molecule has 19 heavy (non-hydrogen) atoms. The van der Waals surface area contributed by atoms with Crippen LogP contribution < -0.4 is 0 Å². The predicted octanol–water partition coefficient (Wildman–Crippen LogP) is 3.43. The van der Waals surface area contributed by atoms with Gasteiger partial charge in [0.05, 0.1) is 6.10 Å². The minimum absolute atomic E-state index is 0.262. The fourth-order valence-corrected chi connectivity index (χ4v) is 3.56. The Morgan fingerprint density at radius 3 is 2.58 bits per heavy atom. The molecular formula is C16H29NO2. The molecule has 1 heterocycles. The minimum Gasteiger partial charge on any atom is -0.357 e. The van der Waals surface area contributed by atoms with Crippen LogP contribution in [0.1, 0.15) is 59.8 Å². The lowest BCUT2D eigenvalue weighted by Gasteiger charge is -2.38. The van der Waals surface area contributed by atoms with Crippen molar-refractivity contribution in [3.8, 4) is 0 Å². The number of carbonyl (C=O) groups excluding carboxylic acids is 1. The smallest absolute Gasteiger partial charge is 0.224 e. The Morgan fingerprint density at radius 2 is 2.00 bits per heavy atom. The second kappa shape index (κ2) is 6.25. The van der Waals surface area contributed by atoms with Crippen LogP contribution in [0, 0.1) is 17.8 Å². The first kappa shape index (κ1) is 14.8. The number of carbonyl (C=O) groups is 1. The standard InChI is InChI=1S/C16H29NO2/c1-11(2)14-7-5-12(3)9-15(14)19-10-17-13(4)6-8-16(17)18/h11-15H,5-10H2,1-4H3/t12-,13-,14+,15-/m1/s1. The minimum atomic E-state index is 0.262. The summed E-state index contributed by atoms with van der Waals surface area (Å²) in [4.78, 5) is 13.7. The molecule has 0 bridgehead atoms. The van der Waals surface area contributed by atoms with Crippen LogP contribution in [-0.4, -0.2) is 29.7 Å². The van der Waals surface area contributed by atoms with Gasteiger partial charge < -0.3 is 9.64 Å². The van der Waals surface area contributed by atoms with E-state index in [0.717, 1.165) is 18.8 Å². The molecule has 0 radical (unpaired) electrons. The largest absolute Gasteiger partial charge is 0.357 e. The van der Waals surface area contributed by atoms with Gasteiger partial charge >= 0.3 is 0 Å². The molecule has 0 spiro atoms. The van der Waals surface area contributed by atoms with Gasteiger partial charge in [0.2, 0.25) is 5.91 Å². The molecule has 1 saturated heterocycles. The molecule has 0 aromatic rings. The van der Waals surface area contributed by atoms with Gasteiger partial charge in [0.25, 0.3) is 0 Å². The van der Waals surface area contributed by atoms with Gasteiger partial charge in [-0.2, -0.15) is 0 Å². The third kappa shape index (κ3) is 3.50. The molecule has 2 aliphatic rings. The Bertz CT molecular complexity index is 316. The first-order valence-corrected chi connectivity index (χ1v) is 7.90. The highest BCUT2D eigenvalue weighted by Crippen LogP contribution is 2.35. The second-order valence-electron chi connectivity index (χ2n) is 6.91. The van der Waals surface area contributed by atoms with Gasteiger partial charge in [-0.1, -0.05) is 27.2 Å². The third-order valence-corrected chi connectivity index (χ3v) is 5.02. The fraction of sp³-hybridized carbons (Fsp3) is 0.938. The molecule has 1 aliphatic carbocycles. The zero-order chi connectivity index (χ0) is 14.0. The van der Waals surface area contributed by atoms with Gasteiger partial charge in [-0.25, -0.2) is 0 Å². The fourth-order valence-electron chi connectivity index (χ4n) is 3.56. The number of hydrogen-bond donors (Lipinski definition) is 0. The highest BCUT2D eigenvalue weighted by Gasteiger charge is 2.33. The van der Waals surface area contributed by atoms with E-state index in [1.807, 2.05) is 4.90 Å². The van der Waals surface area contributed by atoms with Gasteiger partial charge in [-0.3, -0.25) is 4.79 Å². The average molecular weight is 267 g/mol. The van der Waals surface area contributed by atoms with E-state index in [1.54, 1.807) is 0 Å². The lowest BCUT2D eigenvalue weighted by atomic mass is 9.75. The van der Waals surface area contributed by atoms with Crippen molar-refractivity contribution < 1.29 is 9.53 Å². The van der Waals surface area contributed by atoms with Crippen LogP contribution in [0.5, 0.6) is 0 Å². The van der Waals surface area contributed by atoms with Crippen LogP contribution in [0.2, 0.25) is 0 Å². The van der Waals surface area contributed by atoms with Crippen molar-refractivity contribution in [2.75, 3.05) is 6.73 Å². The molecule has 0 N–H and O–H groups in total. The zero-order valence-corrected chi connectivity index (χ0v) is 12.9. The van der Waals surface area contributed by atoms with Gasteiger partial charge in [0.1, 0.15) is 6.73 Å². The predicted molar refractivity (Wildman–Crippen MR) is 76.6 cm³/mol. The molecule has 2 rings (SSSR count). The summed E-state index contributed by atoms with van der Waals surface area (Å²) in [7, 11) is 0. The van der Waals surface area contributed by atoms with E-state index in [-0.39, 0.29) is 5.91 Å². The second-order valence-corrected chi connectivity index (χ2v) is 6.91. The van der Waals surface area contributed by atoms with Crippen molar-refractivity contribution in [1.29, 1.82) is 0 Å². The summed E-state index contributed by atoms with van der Waals surface area (Å²) >= 11 is 0. The number of hydrogen-bond acceptors (Lipinski definition) is 2. The number of ether oxygens (including phenoxy) is 1. The zero-order valence-electron chi connectivity index (χ0n) is 12.9. The Balaban J connectivity index is 1.90. The summed E-state index contributed by atoms with van der Waals surface area (Å²) in [6.07, 6.45) is 5.76. The average Bonchev–Trinajstić information content (AvgIpc) is 2.66. The molecule has 0 aromatic carbocycles. The number of rotatable bonds is 4. The number of nitrogens with zero attached hydrogens (tertiary/aromatic N) is 1. The van der Waals surface area contributed by atoms with Crippen molar-refractivity contribution in [2.24, 2.45) is 17.8 Å². The normalized spacial score (nSPS) is 36.3. The Morgan fingerprint density at radius 1 is 1.26 bits per heavy atom. The maximum absolute atomic E-state index is 11.8. The maximum Gasteiger partial charge on any atom is 0.224 e. The highest BCUT2D eigenvalue weighted by atomic mass is 16.5. The van der Waals surface area contributed by atoms with E-state index in [4.69, 9.17) is 4.74 Å². The van der Waals surface area contributed by atoms with E-state index in [0.29, 0.717) is 37.1 Å². The van der Waals surface area contributed by atoms with Crippen molar-refractivity contribution in [1.82, 2.24) is 4.90 Å². The molecule has 1 aliphatic heterocycles. The summed E-state index contributed by atoms with van der Waals surface area (Å²) in [6, 6.07) is 0.353. The number of amides is 1. The monoisotopic (exact) mass is 267 g/mol. The van der Waals surface area contributed by atoms with Crippen molar-refractivity contribution >= 4 is 5.91 Å². The molecular weight excluding hydrogens is 238 g/mol. The van der Waals surface area contributed by atoms with Gasteiger partial charge in [0.15, 0.2) is 0 Å². The summed E-state index contributed by atoms with van der Waals surface area (Å²) in [5, 5.41) is 0. The van der Waals surface area contributed by atoms with E-state index in [2.05, 4.69) is 27.7 Å². The first-order valence-electron chi connectivity index (χ1n) is 7.90. The highest BCUT2D eigenvalue weighted by molar-refractivity contribution is 5.78. The third-order valence-electron chi connectivity index (χ3n) is 5.02. The van der Waals surface area contributed by atoms with Crippen LogP contribution in [0.4, 0.5) is 0 Å². The van der Waals surface area contributed by atoms with E-state index < -0.39 is 0 Å². The molecule has 3 heteroatoms. The molecule has 0 aromatic heterocycles.